The van der Waals surface area contributed by atoms with Gasteiger partial charge in [-0.05, 0) is 83.5 Å². The second kappa shape index (κ2) is 41.4. The second-order valence-corrected chi connectivity index (χ2v) is 16.5. The Balaban J connectivity index is 2.33. The van der Waals surface area contributed by atoms with E-state index in [-0.39, 0.29) is 12.5 Å². The molecular formula is C52H89NO8. The Bertz CT molecular complexity index is 1220. The minimum atomic E-state index is -1.58. The van der Waals surface area contributed by atoms with Gasteiger partial charge in [-0.15, -0.1) is 0 Å². The van der Waals surface area contributed by atoms with E-state index in [9.17, 15) is 30.3 Å². The second-order valence-electron chi connectivity index (χ2n) is 16.5. The van der Waals surface area contributed by atoms with Crippen molar-refractivity contribution < 1.29 is 39.8 Å². The van der Waals surface area contributed by atoms with Gasteiger partial charge in [-0.3, -0.25) is 4.79 Å². The first-order valence-electron chi connectivity index (χ1n) is 24.3. The van der Waals surface area contributed by atoms with Gasteiger partial charge in [0.15, 0.2) is 6.29 Å². The Morgan fingerprint density at radius 1 is 0.574 bits per heavy atom. The van der Waals surface area contributed by atoms with E-state index in [1.807, 2.05) is 6.08 Å². The molecule has 1 heterocycles. The summed E-state index contributed by atoms with van der Waals surface area (Å²) in [6.45, 7) is 3.61. The number of aliphatic hydroxyl groups is 5. The smallest absolute Gasteiger partial charge is 0.220 e. The van der Waals surface area contributed by atoms with Crippen molar-refractivity contribution in [1.82, 2.24) is 5.32 Å². The maximum Gasteiger partial charge on any atom is 0.220 e. The van der Waals surface area contributed by atoms with E-state index >= 15 is 0 Å². The van der Waals surface area contributed by atoms with E-state index in [1.54, 1.807) is 6.08 Å². The van der Waals surface area contributed by atoms with E-state index in [0.717, 1.165) is 89.9 Å². The van der Waals surface area contributed by atoms with E-state index < -0.39 is 49.5 Å². The molecule has 1 fully saturated rings. The van der Waals surface area contributed by atoms with Crippen LogP contribution in [0.1, 0.15) is 181 Å². The van der Waals surface area contributed by atoms with Crippen molar-refractivity contribution in [3.63, 3.8) is 0 Å². The SMILES string of the molecule is CC/C=C\C/C=C\C/C=C\C/C=C\CCCCCCCCCCCCC(=O)NC(COC1OC(CO)C(O)C(O)C1O)C(O)/C=C/CC/C=C/CC/C=C/CCCCCCC. The Kier molecular flexibility index (Phi) is 38.3. The van der Waals surface area contributed by atoms with Gasteiger partial charge >= 0.3 is 0 Å². The highest BCUT2D eigenvalue weighted by Gasteiger charge is 2.44. The molecule has 1 rings (SSSR count). The molecule has 9 heteroatoms. The predicted octanol–water partition coefficient (Wildman–Crippen LogP) is 10.7. The maximum absolute atomic E-state index is 13.0. The third kappa shape index (κ3) is 31.8. The number of unbranched alkanes of at least 4 members (excludes halogenated alkanes) is 17. The Hall–Kier alpha value is -2.63. The number of rotatable bonds is 39. The fraction of sp³-hybridized carbons (Fsp3) is 0.712. The van der Waals surface area contributed by atoms with Crippen molar-refractivity contribution in [2.75, 3.05) is 13.2 Å². The van der Waals surface area contributed by atoms with Gasteiger partial charge in [0.05, 0.1) is 25.4 Å². The number of aliphatic hydroxyl groups excluding tert-OH is 5. The van der Waals surface area contributed by atoms with Crippen LogP contribution in [0, 0.1) is 0 Å². The van der Waals surface area contributed by atoms with E-state index in [2.05, 4.69) is 92.1 Å². The molecule has 7 unspecified atom stereocenters. The van der Waals surface area contributed by atoms with Crippen LogP contribution in [-0.2, 0) is 14.3 Å². The van der Waals surface area contributed by atoms with Crippen LogP contribution >= 0.6 is 0 Å². The highest BCUT2D eigenvalue weighted by molar-refractivity contribution is 5.76. The molecule has 0 radical (unpaired) electrons. The molecule has 1 amide bonds. The number of nitrogens with one attached hydrogen (secondary N) is 1. The molecule has 9 nitrogen and oxygen atoms in total. The minimum Gasteiger partial charge on any atom is -0.394 e. The molecule has 0 aliphatic carbocycles. The van der Waals surface area contributed by atoms with Gasteiger partial charge in [-0.1, -0.05) is 176 Å². The molecule has 61 heavy (non-hydrogen) atoms. The fourth-order valence-electron chi connectivity index (χ4n) is 7.06. The highest BCUT2D eigenvalue weighted by Crippen LogP contribution is 2.22. The molecule has 0 aromatic rings. The van der Waals surface area contributed by atoms with Crippen molar-refractivity contribution in [2.24, 2.45) is 0 Å². The number of carbonyl (C=O) groups excluding carboxylic acids is 1. The summed E-state index contributed by atoms with van der Waals surface area (Å²) < 4.78 is 11.2. The maximum atomic E-state index is 13.0. The first-order chi connectivity index (χ1) is 29.8. The summed E-state index contributed by atoms with van der Waals surface area (Å²) in [5.74, 6) is -0.200. The molecule has 1 saturated heterocycles. The first-order valence-corrected chi connectivity index (χ1v) is 24.3. The topological polar surface area (TPSA) is 149 Å². The lowest BCUT2D eigenvalue weighted by atomic mass is 9.99. The molecule has 0 bridgehead atoms. The highest BCUT2D eigenvalue weighted by atomic mass is 16.7. The molecule has 0 aromatic heterocycles. The van der Waals surface area contributed by atoms with E-state index in [4.69, 9.17) is 9.47 Å². The average molecular weight is 856 g/mol. The lowest BCUT2D eigenvalue weighted by Crippen LogP contribution is -2.60. The Labute approximate surface area is 371 Å². The summed E-state index contributed by atoms with van der Waals surface area (Å²) in [6.07, 6.45) is 50.5. The third-order valence-corrected chi connectivity index (χ3v) is 10.9. The fourth-order valence-corrected chi connectivity index (χ4v) is 7.06. The summed E-state index contributed by atoms with van der Waals surface area (Å²) >= 11 is 0. The number of ether oxygens (including phenoxy) is 2. The molecule has 0 saturated carbocycles. The van der Waals surface area contributed by atoms with Crippen molar-refractivity contribution in [2.45, 2.75) is 224 Å². The van der Waals surface area contributed by atoms with Crippen LogP contribution in [0.15, 0.2) is 85.1 Å². The summed E-state index contributed by atoms with van der Waals surface area (Å²) in [4.78, 5) is 13.0. The molecule has 0 aromatic carbocycles. The third-order valence-electron chi connectivity index (χ3n) is 10.9. The zero-order chi connectivity index (χ0) is 44.4. The van der Waals surface area contributed by atoms with Gasteiger partial charge in [0.1, 0.15) is 24.4 Å². The van der Waals surface area contributed by atoms with Gasteiger partial charge in [0.25, 0.3) is 0 Å². The predicted molar refractivity (Wildman–Crippen MR) is 253 cm³/mol. The number of hydrogen-bond acceptors (Lipinski definition) is 8. The normalized spacial score (nSPS) is 21.2. The largest absolute Gasteiger partial charge is 0.394 e. The Morgan fingerprint density at radius 3 is 1.57 bits per heavy atom. The molecule has 1 aliphatic rings. The zero-order valence-electron chi connectivity index (χ0n) is 38.4. The summed E-state index contributed by atoms with van der Waals surface area (Å²) in [7, 11) is 0. The first kappa shape index (κ1) is 56.4. The molecule has 6 N–H and O–H groups in total. The van der Waals surface area contributed by atoms with E-state index in [1.165, 1.54) is 70.6 Å². The molecule has 1 aliphatic heterocycles. The van der Waals surface area contributed by atoms with Gasteiger partial charge in [-0.25, -0.2) is 0 Å². The monoisotopic (exact) mass is 856 g/mol. The van der Waals surface area contributed by atoms with Crippen molar-refractivity contribution in [3.05, 3.63) is 85.1 Å². The van der Waals surface area contributed by atoms with Crippen LogP contribution in [0.3, 0.4) is 0 Å². The van der Waals surface area contributed by atoms with Crippen molar-refractivity contribution >= 4 is 5.91 Å². The minimum absolute atomic E-state index is 0.200. The summed E-state index contributed by atoms with van der Waals surface area (Å²) in [5.41, 5.74) is 0. The molecule has 0 spiro atoms. The quantitative estimate of drug-likeness (QED) is 0.0264. The van der Waals surface area contributed by atoms with Crippen LogP contribution in [0.5, 0.6) is 0 Å². The lowest BCUT2D eigenvalue weighted by molar-refractivity contribution is -0.302. The number of hydrogen-bond donors (Lipinski definition) is 6. The van der Waals surface area contributed by atoms with Crippen LogP contribution in [0.25, 0.3) is 0 Å². The average Bonchev–Trinajstić information content (AvgIpc) is 3.26. The van der Waals surface area contributed by atoms with Gasteiger partial charge in [-0.2, -0.15) is 0 Å². The van der Waals surface area contributed by atoms with Gasteiger partial charge in [0.2, 0.25) is 5.91 Å². The van der Waals surface area contributed by atoms with Crippen molar-refractivity contribution in [3.8, 4) is 0 Å². The number of carbonyl (C=O) groups is 1. The molecule has 350 valence electrons. The van der Waals surface area contributed by atoms with Crippen LogP contribution in [0.2, 0.25) is 0 Å². The van der Waals surface area contributed by atoms with Gasteiger partial charge in [0, 0.05) is 6.42 Å². The number of allylic oxidation sites excluding steroid dienone is 13. The lowest BCUT2D eigenvalue weighted by Gasteiger charge is -2.40. The summed E-state index contributed by atoms with van der Waals surface area (Å²) in [6, 6.07) is -0.834. The zero-order valence-corrected chi connectivity index (χ0v) is 38.4. The van der Waals surface area contributed by atoms with Crippen LogP contribution < -0.4 is 5.32 Å². The van der Waals surface area contributed by atoms with Gasteiger partial charge < -0.3 is 40.3 Å². The van der Waals surface area contributed by atoms with Crippen LogP contribution in [-0.4, -0.2) is 87.5 Å². The number of amides is 1. The van der Waals surface area contributed by atoms with Crippen molar-refractivity contribution in [1.29, 1.82) is 0 Å². The summed E-state index contributed by atoms with van der Waals surface area (Å²) in [5, 5.41) is 54.2. The molecule has 7 atom stereocenters. The standard InChI is InChI=1S/C52H89NO8/c1-3-5-7-9-11-13-15-17-19-20-21-22-23-24-25-26-28-30-32-34-36-38-40-42-48(56)53-45(44-60-52-51(59)50(58)49(57)47(43-54)61-52)46(55)41-39-37-35-33-31-29-27-18-16-14-12-10-8-6-4-2/h5,7,11,13,16-19,21-22,31,33,39,41,45-47,49-52,54-55,57-59H,3-4,6,8-10,12,14-15,20,23-30,32,34-38,40,42-44H2,1-2H3,(H,53,56)/b7-5-,13-11-,18-16+,19-17-,22-21-,33-31+,41-39+. The Morgan fingerprint density at radius 2 is 1.03 bits per heavy atom. The molecular weight excluding hydrogens is 767 g/mol. The van der Waals surface area contributed by atoms with E-state index in [0.29, 0.717) is 6.42 Å². The van der Waals surface area contributed by atoms with Crippen LogP contribution in [0.4, 0.5) is 0 Å².